The Labute approximate surface area is 104 Å². The van der Waals surface area contributed by atoms with E-state index in [1.165, 1.54) is 0 Å². The molecule has 0 radical (unpaired) electrons. The van der Waals surface area contributed by atoms with Gasteiger partial charge in [-0.25, -0.2) is 0 Å². The molecule has 4 heteroatoms. The largest absolute Gasteiger partial charge is 0.396 e. The molecule has 1 rings (SSSR count). The van der Waals surface area contributed by atoms with Crippen LogP contribution in [0.5, 0.6) is 0 Å². The molecule has 1 fully saturated rings. The number of aliphatic hydroxyl groups is 1. The summed E-state index contributed by atoms with van der Waals surface area (Å²) in [6, 6.07) is 0.225. The second-order valence-electron chi connectivity index (χ2n) is 5.43. The molecule has 1 aliphatic heterocycles. The number of rotatable bonds is 6. The Morgan fingerprint density at radius 3 is 2.71 bits per heavy atom. The molecule has 0 aromatic carbocycles. The van der Waals surface area contributed by atoms with E-state index >= 15 is 0 Å². The van der Waals surface area contributed by atoms with Gasteiger partial charge in [0.1, 0.15) is 0 Å². The fraction of sp³-hybridized carbons (Fsp3) is 0.923. The number of hydrogen-bond donors (Lipinski definition) is 2. The summed E-state index contributed by atoms with van der Waals surface area (Å²) in [5, 5.41) is 9.05. The molecule has 0 aliphatic carbocycles. The number of aliphatic hydroxyl groups excluding tert-OH is 1. The van der Waals surface area contributed by atoms with Crippen LogP contribution in [0.4, 0.5) is 0 Å². The smallest absolute Gasteiger partial charge is 0.225 e. The van der Waals surface area contributed by atoms with Crippen LogP contribution in [0, 0.1) is 11.8 Å². The van der Waals surface area contributed by atoms with Gasteiger partial charge in [0.05, 0.1) is 0 Å². The average molecular weight is 242 g/mol. The lowest BCUT2D eigenvalue weighted by Gasteiger charge is -2.21. The van der Waals surface area contributed by atoms with E-state index in [9.17, 15) is 4.79 Å². The molecule has 3 atom stereocenters. The van der Waals surface area contributed by atoms with Gasteiger partial charge in [-0.3, -0.25) is 4.79 Å². The second kappa shape index (κ2) is 6.97. The van der Waals surface area contributed by atoms with Crippen LogP contribution in [-0.2, 0) is 4.79 Å². The van der Waals surface area contributed by atoms with E-state index in [0.29, 0.717) is 0 Å². The number of hydrogen-bond acceptors (Lipinski definition) is 3. The Balaban J connectivity index is 2.27. The van der Waals surface area contributed by atoms with Crippen LogP contribution in [0.15, 0.2) is 0 Å². The molecule has 0 bridgehead atoms. The summed E-state index contributed by atoms with van der Waals surface area (Å²) in [5.74, 6) is 0.618. The Hall–Kier alpha value is -0.610. The van der Waals surface area contributed by atoms with Gasteiger partial charge in [-0.1, -0.05) is 13.3 Å². The van der Waals surface area contributed by atoms with E-state index in [1.807, 2.05) is 18.7 Å². The van der Waals surface area contributed by atoms with Crippen molar-refractivity contribution in [3.05, 3.63) is 0 Å². The second-order valence-corrected chi connectivity index (χ2v) is 5.43. The van der Waals surface area contributed by atoms with Gasteiger partial charge in [0.2, 0.25) is 5.91 Å². The number of amides is 1. The summed E-state index contributed by atoms with van der Waals surface area (Å²) in [5.41, 5.74) is 5.69. The van der Waals surface area contributed by atoms with Crippen molar-refractivity contribution in [2.75, 3.05) is 19.7 Å². The Kier molecular flexibility index (Phi) is 5.92. The Bertz CT molecular complexity index is 244. The van der Waals surface area contributed by atoms with Gasteiger partial charge in [0.15, 0.2) is 0 Å². The molecule has 1 amide bonds. The van der Waals surface area contributed by atoms with Crippen LogP contribution in [0.25, 0.3) is 0 Å². The van der Waals surface area contributed by atoms with Gasteiger partial charge in [0, 0.05) is 37.6 Å². The summed E-state index contributed by atoms with van der Waals surface area (Å²) in [4.78, 5) is 14.0. The zero-order valence-electron chi connectivity index (χ0n) is 11.1. The van der Waals surface area contributed by atoms with Gasteiger partial charge in [-0.15, -0.1) is 0 Å². The highest BCUT2D eigenvalue weighted by molar-refractivity contribution is 5.78. The molecular formula is C13H26N2O2. The monoisotopic (exact) mass is 242 g/mol. The topological polar surface area (TPSA) is 66.6 Å². The van der Waals surface area contributed by atoms with Crippen LogP contribution in [0.2, 0.25) is 0 Å². The Morgan fingerprint density at radius 1 is 1.47 bits per heavy atom. The van der Waals surface area contributed by atoms with Crippen LogP contribution < -0.4 is 5.73 Å². The summed E-state index contributed by atoms with van der Waals surface area (Å²) >= 11 is 0. The lowest BCUT2D eigenvalue weighted by atomic mass is 10.0. The molecule has 0 aromatic heterocycles. The maximum absolute atomic E-state index is 12.1. The van der Waals surface area contributed by atoms with Crippen LogP contribution >= 0.6 is 0 Å². The van der Waals surface area contributed by atoms with E-state index in [1.54, 1.807) is 0 Å². The molecule has 4 nitrogen and oxygen atoms in total. The zero-order valence-corrected chi connectivity index (χ0v) is 11.1. The molecule has 0 saturated carbocycles. The molecule has 3 unspecified atom stereocenters. The molecule has 17 heavy (non-hydrogen) atoms. The maximum atomic E-state index is 12.1. The molecule has 1 aliphatic rings. The fourth-order valence-corrected chi connectivity index (χ4v) is 2.36. The van der Waals surface area contributed by atoms with Crippen molar-refractivity contribution < 1.29 is 9.90 Å². The Morgan fingerprint density at radius 2 is 2.18 bits per heavy atom. The summed E-state index contributed by atoms with van der Waals surface area (Å²) in [6.45, 7) is 5.73. The SMILES string of the molecule is CC(N)CCCC(C)C(=O)N1CCC(CO)C1. The molecule has 3 N–H and O–H groups in total. The van der Waals surface area contributed by atoms with Crippen molar-refractivity contribution in [2.45, 2.75) is 45.6 Å². The van der Waals surface area contributed by atoms with Gasteiger partial charge < -0.3 is 15.7 Å². The van der Waals surface area contributed by atoms with E-state index < -0.39 is 0 Å². The summed E-state index contributed by atoms with van der Waals surface area (Å²) in [7, 11) is 0. The van der Waals surface area contributed by atoms with Crippen molar-refractivity contribution >= 4 is 5.91 Å². The first-order chi connectivity index (χ1) is 8.04. The van der Waals surface area contributed by atoms with Crippen molar-refractivity contribution in [3.63, 3.8) is 0 Å². The zero-order chi connectivity index (χ0) is 12.8. The molecule has 0 aromatic rings. The van der Waals surface area contributed by atoms with Crippen LogP contribution in [-0.4, -0.2) is 41.7 Å². The summed E-state index contributed by atoms with van der Waals surface area (Å²) in [6.07, 6.45) is 3.86. The molecule has 1 saturated heterocycles. The van der Waals surface area contributed by atoms with Gasteiger partial charge >= 0.3 is 0 Å². The highest BCUT2D eigenvalue weighted by Crippen LogP contribution is 2.20. The predicted molar refractivity (Wildman–Crippen MR) is 68.4 cm³/mol. The maximum Gasteiger partial charge on any atom is 0.225 e. The van der Waals surface area contributed by atoms with E-state index in [-0.39, 0.29) is 30.4 Å². The minimum Gasteiger partial charge on any atom is -0.396 e. The van der Waals surface area contributed by atoms with Crippen LogP contribution in [0.3, 0.4) is 0 Å². The number of carbonyl (C=O) groups excluding carboxylic acids is 1. The van der Waals surface area contributed by atoms with E-state index in [2.05, 4.69) is 0 Å². The molecule has 100 valence electrons. The molecule has 0 spiro atoms. The van der Waals surface area contributed by atoms with Crippen molar-refractivity contribution in [3.8, 4) is 0 Å². The number of nitrogens with two attached hydrogens (primary N) is 1. The third kappa shape index (κ3) is 4.64. The van der Waals surface area contributed by atoms with Gasteiger partial charge in [-0.05, 0) is 26.2 Å². The van der Waals surface area contributed by atoms with Crippen molar-refractivity contribution in [1.29, 1.82) is 0 Å². The predicted octanol–water partition coefficient (Wildman–Crippen LogP) is 0.981. The first kappa shape index (κ1) is 14.5. The number of nitrogens with zero attached hydrogens (tertiary/aromatic N) is 1. The van der Waals surface area contributed by atoms with Gasteiger partial charge in [-0.2, -0.15) is 0 Å². The number of carbonyl (C=O) groups is 1. The normalized spacial score (nSPS) is 23.8. The third-order valence-electron chi connectivity index (χ3n) is 3.57. The van der Waals surface area contributed by atoms with Crippen molar-refractivity contribution in [1.82, 2.24) is 4.90 Å². The molecule has 1 heterocycles. The first-order valence-electron chi connectivity index (χ1n) is 6.69. The van der Waals surface area contributed by atoms with E-state index in [4.69, 9.17) is 10.8 Å². The summed E-state index contributed by atoms with van der Waals surface area (Å²) < 4.78 is 0. The third-order valence-corrected chi connectivity index (χ3v) is 3.57. The lowest BCUT2D eigenvalue weighted by molar-refractivity contribution is -0.134. The standard InChI is InChI=1S/C13H26N2O2/c1-10(4-3-5-11(2)14)13(17)15-7-6-12(8-15)9-16/h10-12,16H,3-9,14H2,1-2H3. The number of likely N-dealkylation sites (tertiary alicyclic amines) is 1. The minimum absolute atomic E-state index is 0.0891. The van der Waals surface area contributed by atoms with Crippen molar-refractivity contribution in [2.24, 2.45) is 17.6 Å². The van der Waals surface area contributed by atoms with Crippen LogP contribution in [0.1, 0.15) is 39.5 Å². The minimum atomic E-state index is 0.0891. The fourth-order valence-electron chi connectivity index (χ4n) is 2.36. The lowest BCUT2D eigenvalue weighted by Crippen LogP contribution is -2.33. The highest BCUT2D eigenvalue weighted by Gasteiger charge is 2.28. The van der Waals surface area contributed by atoms with Gasteiger partial charge in [0.25, 0.3) is 0 Å². The quantitative estimate of drug-likeness (QED) is 0.729. The van der Waals surface area contributed by atoms with E-state index in [0.717, 1.165) is 38.8 Å². The highest BCUT2D eigenvalue weighted by atomic mass is 16.3. The first-order valence-corrected chi connectivity index (χ1v) is 6.69. The molecular weight excluding hydrogens is 216 g/mol. The average Bonchev–Trinajstić information content (AvgIpc) is 2.75.